The minimum absolute atomic E-state index is 0.00563. The van der Waals surface area contributed by atoms with E-state index >= 15 is 0 Å². The molecule has 118 valence electrons. The first-order chi connectivity index (χ1) is 10.8. The Balaban J connectivity index is 2.39. The summed E-state index contributed by atoms with van der Waals surface area (Å²) >= 11 is 18.7. The van der Waals surface area contributed by atoms with Gasteiger partial charge < -0.3 is 5.32 Å². The van der Waals surface area contributed by atoms with E-state index in [2.05, 4.69) is 5.32 Å². The number of benzene rings is 2. The molecule has 0 heterocycles. The van der Waals surface area contributed by atoms with E-state index in [0.29, 0.717) is 16.8 Å². The number of rotatable bonds is 2. The van der Waals surface area contributed by atoms with Crippen LogP contribution in [0.25, 0.3) is 0 Å². The Morgan fingerprint density at radius 3 is 1.87 bits per heavy atom. The summed E-state index contributed by atoms with van der Waals surface area (Å²) < 4.78 is 0. The third-order valence-corrected chi connectivity index (χ3v) is 4.96. The summed E-state index contributed by atoms with van der Waals surface area (Å²) in [6.07, 6.45) is 0. The van der Waals surface area contributed by atoms with Gasteiger partial charge in [0.05, 0.1) is 31.9 Å². The van der Waals surface area contributed by atoms with Crippen molar-refractivity contribution in [3.63, 3.8) is 0 Å². The van der Waals surface area contributed by atoms with Gasteiger partial charge in [-0.2, -0.15) is 0 Å². The number of carbonyl (C=O) groups is 2. The molecule has 0 aromatic heterocycles. The molecule has 0 aliphatic heterocycles. The van der Waals surface area contributed by atoms with Gasteiger partial charge in [-0.1, -0.05) is 59.1 Å². The molecule has 0 fully saturated rings. The zero-order valence-electron chi connectivity index (χ0n) is 12.3. The summed E-state index contributed by atoms with van der Waals surface area (Å²) in [6, 6.07) is 6.63. The fourth-order valence-corrected chi connectivity index (χ4v) is 3.43. The maximum atomic E-state index is 12.9. The third-order valence-electron chi connectivity index (χ3n) is 3.63. The number of halogens is 3. The molecule has 23 heavy (non-hydrogen) atoms. The molecule has 0 saturated heterocycles. The van der Waals surface area contributed by atoms with Crippen molar-refractivity contribution in [3.8, 4) is 0 Å². The summed E-state index contributed by atoms with van der Waals surface area (Å²) in [5.41, 5.74) is 1.29. The predicted octanol–water partition coefficient (Wildman–Crippen LogP) is 5.24. The summed E-state index contributed by atoms with van der Waals surface area (Å²) in [6.45, 7) is 3.79. The molecule has 0 bridgehead atoms. The van der Waals surface area contributed by atoms with Gasteiger partial charge in [0.15, 0.2) is 11.6 Å². The second-order valence-corrected chi connectivity index (χ2v) is 6.70. The van der Waals surface area contributed by atoms with Crippen LogP contribution in [0.1, 0.15) is 45.7 Å². The molecule has 1 aliphatic rings. The number of ketones is 2. The molecule has 0 saturated carbocycles. The zero-order valence-corrected chi connectivity index (χ0v) is 14.6. The molecule has 0 radical (unpaired) electrons. The molecule has 2 aromatic carbocycles. The number of carbonyl (C=O) groups excluding carboxylic acids is 2. The van der Waals surface area contributed by atoms with Gasteiger partial charge in [0.25, 0.3) is 0 Å². The van der Waals surface area contributed by atoms with E-state index in [9.17, 15) is 9.59 Å². The van der Waals surface area contributed by atoms with E-state index in [1.165, 1.54) is 0 Å². The van der Waals surface area contributed by atoms with Crippen LogP contribution in [0.3, 0.4) is 0 Å². The van der Waals surface area contributed by atoms with Crippen molar-refractivity contribution in [1.82, 2.24) is 0 Å². The van der Waals surface area contributed by atoms with Gasteiger partial charge in [0, 0.05) is 17.2 Å². The molecule has 0 spiro atoms. The van der Waals surface area contributed by atoms with E-state index in [0.717, 1.165) is 0 Å². The highest BCUT2D eigenvalue weighted by molar-refractivity contribution is 6.52. The standard InChI is InChI=1S/C17H12Cl3NO2/c1-7(2)21-15-11-10(12(18)13(19)14(15)20)16(22)8-5-3-4-6-9(8)17(11)23/h3-7,21H,1-2H3. The van der Waals surface area contributed by atoms with E-state index in [4.69, 9.17) is 34.8 Å². The molecule has 1 N–H and O–H groups in total. The molecule has 0 unspecified atom stereocenters. The number of fused-ring (bicyclic) bond motifs is 2. The topological polar surface area (TPSA) is 46.2 Å². The molecule has 0 amide bonds. The molecule has 0 atom stereocenters. The maximum absolute atomic E-state index is 12.9. The Labute approximate surface area is 148 Å². The van der Waals surface area contributed by atoms with Gasteiger partial charge in [-0.15, -0.1) is 0 Å². The number of nitrogens with one attached hydrogen (secondary N) is 1. The van der Waals surface area contributed by atoms with Gasteiger partial charge in [-0.25, -0.2) is 0 Å². The molecule has 1 aliphatic carbocycles. The SMILES string of the molecule is CC(C)Nc1c(Cl)c(Cl)c(Cl)c2c1C(=O)c1ccccc1C2=O. The van der Waals surface area contributed by atoms with E-state index < -0.39 is 0 Å². The van der Waals surface area contributed by atoms with Gasteiger partial charge in [0.1, 0.15) is 0 Å². The first-order valence-electron chi connectivity index (χ1n) is 7.00. The van der Waals surface area contributed by atoms with Gasteiger partial charge in [-0.3, -0.25) is 9.59 Å². The Morgan fingerprint density at radius 2 is 1.35 bits per heavy atom. The van der Waals surface area contributed by atoms with Gasteiger partial charge in [-0.05, 0) is 13.8 Å². The highest BCUT2D eigenvalue weighted by atomic mass is 35.5. The third kappa shape index (κ3) is 2.44. The second kappa shape index (κ2) is 5.82. The Morgan fingerprint density at radius 1 is 0.826 bits per heavy atom. The number of anilines is 1. The predicted molar refractivity (Wildman–Crippen MR) is 93.5 cm³/mol. The molecule has 2 aromatic rings. The summed E-state index contributed by atoms with van der Waals surface area (Å²) in [5.74, 6) is -0.621. The largest absolute Gasteiger partial charge is 0.381 e. The van der Waals surface area contributed by atoms with Crippen LogP contribution in [-0.4, -0.2) is 17.6 Å². The van der Waals surface area contributed by atoms with Crippen molar-refractivity contribution >= 4 is 52.1 Å². The number of hydrogen-bond acceptors (Lipinski definition) is 3. The van der Waals surface area contributed by atoms with Crippen LogP contribution in [-0.2, 0) is 0 Å². The minimum Gasteiger partial charge on any atom is -0.381 e. The van der Waals surface area contributed by atoms with E-state index in [1.54, 1.807) is 24.3 Å². The maximum Gasteiger partial charge on any atom is 0.196 e. The van der Waals surface area contributed by atoms with E-state index in [-0.39, 0.29) is 43.8 Å². The van der Waals surface area contributed by atoms with Crippen LogP contribution in [0.2, 0.25) is 15.1 Å². The average Bonchev–Trinajstić information content (AvgIpc) is 2.52. The zero-order chi connectivity index (χ0) is 16.9. The molecule has 3 nitrogen and oxygen atoms in total. The smallest absolute Gasteiger partial charge is 0.196 e. The van der Waals surface area contributed by atoms with Crippen LogP contribution in [0.15, 0.2) is 24.3 Å². The lowest BCUT2D eigenvalue weighted by Gasteiger charge is -2.24. The van der Waals surface area contributed by atoms with Crippen molar-refractivity contribution in [2.24, 2.45) is 0 Å². The first-order valence-corrected chi connectivity index (χ1v) is 8.13. The molecular weight excluding hydrogens is 357 g/mol. The lowest BCUT2D eigenvalue weighted by atomic mass is 9.83. The summed E-state index contributed by atoms with van der Waals surface area (Å²) in [7, 11) is 0. The second-order valence-electron chi connectivity index (χ2n) is 5.57. The van der Waals surface area contributed by atoms with Crippen LogP contribution in [0.4, 0.5) is 5.69 Å². The van der Waals surface area contributed by atoms with Crippen molar-refractivity contribution in [2.75, 3.05) is 5.32 Å². The monoisotopic (exact) mass is 367 g/mol. The lowest BCUT2D eigenvalue weighted by molar-refractivity contribution is 0.0979. The van der Waals surface area contributed by atoms with Crippen molar-refractivity contribution in [2.45, 2.75) is 19.9 Å². The van der Waals surface area contributed by atoms with Crippen LogP contribution in [0.5, 0.6) is 0 Å². The molecular formula is C17H12Cl3NO2. The van der Waals surface area contributed by atoms with Crippen molar-refractivity contribution < 1.29 is 9.59 Å². The quantitative estimate of drug-likeness (QED) is 0.629. The lowest BCUT2D eigenvalue weighted by Crippen LogP contribution is -2.25. The highest BCUT2D eigenvalue weighted by Crippen LogP contribution is 2.45. The Bertz CT molecular complexity index is 859. The van der Waals surface area contributed by atoms with Gasteiger partial charge >= 0.3 is 0 Å². The van der Waals surface area contributed by atoms with Crippen molar-refractivity contribution in [3.05, 3.63) is 61.6 Å². The van der Waals surface area contributed by atoms with Crippen molar-refractivity contribution in [1.29, 1.82) is 0 Å². The van der Waals surface area contributed by atoms with Crippen LogP contribution >= 0.6 is 34.8 Å². The average molecular weight is 369 g/mol. The highest BCUT2D eigenvalue weighted by Gasteiger charge is 2.36. The first kappa shape index (κ1) is 16.3. The van der Waals surface area contributed by atoms with Crippen LogP contribution < -0.4 is 5.32 Å². The summed E-state index contributed by atoms with van der Waals surface area (Å²) in [4.78, 5) is 25.7. The normalized spacial score (nSPS) is 13.1. The van der Waals surface area contributed by atoms with Gasteiger partial charge in [0.2, 0.25) is 0 Å². The minimum atomic E-state index is -0.328. The Hall–Kier alpha value is -1.55. The van der Waals surface area contributed by atoms with E-state index in [1.807, 2.05) is 13.8 Å². The van der Waals surface area contributed by atoms with Crippen LogP contribution in [0, 0.1) is 0 Å². The molecule has 3 rings (SSSR count). The fraction of sp³-hybridized carbons (Fsp3) is 0.176. The fourth-order valence-electron chi connectivity index (χ4n) is 2.67. The molecule has 6 heteroatoms. The Kier molecular flexibility index (Phi) is 4.13. The summed E-state index contributed by atoms with van der Waals surface area (Å²) in [5, 5.41) is 3.32. The number of hydrogen-bond donors (Lipinski definition) is 1.